The van der Waals surface area contributed by atoms with Gasteiger partial charge in [-0.3, -0.25) is 9.69 Å². The Hall–Kier alpha value is -2.39. The summed E-state index contributed by atoms with van der Waals surface area (Å²) >= 11 is 0. The summed E-state index contributed by atoms with van der Waals surface area (Å²) in [6.07, 6.45) is 0.497. The van der Waals surface area contributed by atoms with Crippen molar-refractivity contribution >= 4 is 12.0 Å². The number of carbonyl (C=O) groups is 2. The van der Waals surface area contributed by atoms with E-state index in [0.717, 1.165) is 0 Å². The number of nitrogens with zero attached hydrogens (tertiary/aromatic N) is 1. The first kappa shape index (κ1) is 20.9. The molecule has 0 saturated heterocycles. The van der Waals surface area contributed by atoms with E-state index in [1.165, 1.54) is 24.3 Å². The normalized spacial score (nSPS) is 19.9. The molecule has 1 aromatic carbocycles. The first-order chi connectivity index (χ1) is 12.9. The zero-order chi connectivity index (χ0) is 19.8. The number of benzene rings is 1. The highest BCUT2D eigenvalue weighted by atomic mass is 19.1. The number of halogens is 1. The Morgan fingerprint density at radius 1 is 1.33 bits per heavy atom. The van der Waals surface area contributed by atoms with E-state index in [0.29, 0.717) is 25.1 Å². The third-order valence-electron chi connectivity index (χ3n) is 4.46. The third-order valence-corrected chi connectivity index (χ3v) is 4.46. The summed E-state index contributed by atoms with van der Waals surface area (Å²) < 4.78 is 18.1. The summed E-state index contributed by atoms with van der Waals surface area (Å²) in [6.45, 7) is 2.55. The molecule has 1 fully saturated rings. The Morgan fingerprint density at radius 2 is 2.00 bits per heavy atom. The van der Waals surface area contributed by atoms with Gasteiger partial charge >= 0.3 is 12.0 Å². The minimum Gasteiger partial charge on any atom is -0.491 e. The van der Waals surface area contributed by atoms with E-state index in [-0.39, 0.29) is 43.6 Å². The first-order valence-corrected chi connectivity index (χ1v) is 8.94. The lowest BCUT2D eigenvalue weighted by atomic mass is 9.85. The number of amides is 2. The van der Waals surface area contributed by atoms with Gasteiger partial charge in [0.2, 0.25) is 0 Å². The number of aliphatic hydroxyl groups is 1. The molecule has 0 spiro atoms. The van der Waals surface area contributed by atoms with Gasteiger partial charge in [-0.2, -0.15) is 0 Å². The summed E-state index contributed by atoms with van der Waals surface area (Å²) in [5.74, 6) is -0.797. The fourth-order valence-corrected chi connectivity index (χ4v) is 2.91. The van der Waals surface area contributed by atoms with E-state index in [2.05, 4.69) is 10.6 Å². The van der Waals surface area contributed by atoms with Crippen molar-refractivity contribution < 1.29 is 28.9 Å². The minimum atomic E-state index is -0.902. The number of nitrogens with one attached hydrogen (secondary N) is 2. The van der Waals surface area contributed by atoms with Gasteiger partial charge in [-0.15, -0.1) is 0 Å². The number of carbonyl (C=O) groups excluding carboxylic acids is 1. The fourth-order valence-electron chi connectivity index (χ4n) is 2.91. The van der Waals surface area contributed by atoms with E-state index < -0.39 is 12.1 Å². The zero-order valence-corrected chi connectivity index (χ0v) is 15.2. The van der Waals surface area contributed by atoms with E-state index in [9.17, 15) is 19.1 Å². The van der Waals surface area contributed by atoms with Crippen LogP contribution in [-0.4, -0.2) is 71.5 Å². The van der Waals surface area contributed by atoms with Crippen molar-refractivity contribution in [3.05, 3.63) is 30.1 Å². The van der Waals surface area contributed by atoms with Gasteiger partial charge in [0.05, 0.1) is 6.54 Å². The molecule has 0 aromatic heterocycles. The third kappa shape index (κ3) is 7.03. The molecule has 1 aliphatic rings. The fraction of sp³-hybridized carbons (Fsp3) is 0.556. The molecule has 4 N–H and O–H groups in total. The van der Waals surface area contributed by atoms with Gasteiger partial charge in [-0.1, -0.05) is 6.92 Å². The smallest absolute Gasteiger partial charge is 0.317 e. The summed E-state index contributed by atoms with van der Waals surface area (Å²) in [5, 5.41) is 24.1. The summed E-state index contributed by atoms with van der Waals surface area (Å²) in [4.78, 5) is 24.5. The van der Waals surface area contributed by atoms with Gasteiger partial charge in [0.1, 0.15) is 24.3 Å². The van der Waals surface area contributed by atoms with Crippen LogP contribution in [0.4, 0.5) is 9.18 Å². The Kier molecular flexibility index (Phi) is 7.81. The predicted molar refractivity (Wildman–Crippen MR) is 96.1 cm³/mol. The highest BCUT2D eigenvalue weighted by Gasteiger charge is 2.34. The van der Waals surface area contributed by atoms with Crippen LogP contribution in [0.2, 0.25) is 0 Å². The maximum atomic E-state index is 12.8. The van der Waals surface area contributed by atoms with Crippen molar-refractivity contribution in [1.82, 2.24) is 15.5 Å². The Bertz CT molecular complexity index is 622. The second kappa shape index (κ2) is 10.1. The summed E-state index contributed by atoms with van der Waals surface area (Å²) in [7, 11) is 0. The number of ether oxygens (including phenoxy) is 1. The van der Waals surface area contributed by atoms with Crippen LogP contribution in [0, 0.1) is 5.82 Å². The molecule has 0 aliphatic heterocycles. The number of carboxylic acid groups (broad SMARTS) is 1. The van der Waals surface area contributed by atoms with Crippen LogP contribution in [-0.2, 0) is 4.79 Å². The van der Waals surface area contributed by atoms with Gasteiger partial charge < -0.3 is 25.6 Å². The lowest BCUT2D eigenvalue weighted by Gasteiger charge is -2.42. The minimum absolute atomic E-state index is 0.000328. The molecule has 9 heteroatoms. The number of urea groups is 1. The quantitative estimate of drug-likeness (QED) is 0.476. The number of aliphatic hydroxyl groups excluding tert-OH is 1. The van der Waals surface area contributed by atoms with E-state index >= 15 is 0 Å². The maximum Gasteiger partial charge on any atom is 0.317 e. The molecule has 0 bridgehead atoms. The van der Waals surface area contributed by atoms with Crippen LogP contribution in [0.5, 0.6) is 5.75 Å². The van der Waals surface area contributed by atoms with Gasteiger partial charge in [0, 0.05) is 18.6 Å². The molecular weight excluding hydrogens is 357 g/mol. The van der Waals surface area contributed by atoms with E-state index in [1.807, 2.05) is 11.8 Å². The average Bonchev–Trinajstić information content (AvgIpc) is 2.60. The Morgan fingerprint density at radius 3 is 2.59 bits per heavy atom. The average molecular weight is 383 g/mol. The molecule has 1 unspecified atom stereocenters. The second-order valence-electron chi connectivity index (χ2n) is 6.55. The number of hydrogen-bond donors (Lipinski definition) is 4. The topological polar surface area (TPSA) is 111 Å². The summed E-state index contributed by atoms with van der Waals surface area (Å²) in [5.41, 5.74) is 0. The molecule has 8 nitrogen and oxygen atoms in total. The van der Waals surface area contributed by atoms with Crippen LogP contribution in [0.25, 0.3) is 0 Å². The van der Waals surface area contributed by atoms with Crippen molar-refractivity contribution in [1.29, 1.82) is 0 Å². The number of hydrogen-bond acceptors (Lipinski definition) is 5. The molecule has 2 amide bonds. The van der Waals surface area contributed by atoms with Crippen LogP contribution in [0.15, 0.2) is 24.3 Å². The molecule has 27 heavy (non-hydrogen) atoms. The Labute approximate surface area is 157 Å². The summed E-state index contributed by atoms with van der Waals surface area (Å²) in [6, 6.07) is 5.19. The van der Waals surface area contributed by atoms with Crippen molar-refractivity contribution in [3.8, 4) is 5.75 Å². The monoisotopic (exact) mass is 383 g/mol. The van der Waals surface area contributed by atoms with Crippen molar-refractivity contribution in [2.75, 3.05) is 26.2 Å². The molecule has 2 rings (SSSR count). The standard InChI is InChI=1S/C18H26FN3O5/c1-2-22(10-17(24)25)14-7-13(8-14)21-18(26)20-9-15(23)11-27-16-5-3-12(19)4-6-16/h3-6,13-15,23H,2,7-11H2,1H3,(H,24,25)(H2,20,21,26). The van der Waals surface area contributed by atoms with Gasteiger partial charge in [0.15, 0.2) is 0 Å². The van der Waals surface area contributed by atoms with Crippen molar-refractivity contribution in [3.63, 3.8) is 0 Å². The molecule has 0 heterocycles. The Balaban J connectivity index is 1.59. The van der Waals surface area contributed by atoms with Crippen LogP contribution < -0.4 is 15.4 Å². The SMILES string of the molecule is CCN(CC(=O)O)C1CC(NC(=O)NCC(O)COc2ccc(F)cc2)C1. The number of aliphatic carboxylic acids is 1. The molecule has 0 radical (unpaired) electrons. The largest absolute Gasteiger partial charge is 0.491 e. The molecule has 1 atom stereocenters. The predicted octanol–water partition coefficient (Wildman–Crippen LogP) is 0.802. The molecular formula is C18H26FN3O5. The maximum absolute atomic E-state index is 12.8. The highest BCUT2D eigenvalue weighted by molar-refractivity contribution is 5.74. The van der Waals surface area contributed by atoms with Gasteiger partial charge in [-0.25, -0.2) is 9.18 Å². The number of likely N-dealkylation sites (N-methyl/N-ethyl adjacent to an activating group) is 1. The van der Waals surface area contributed by atoms with Crippen LogP contribution in [0.1, 0.15) is 19.8 Å². The lowest BCUT2D eigenvalue weighted by molar-refractivity contribution is -0.139. The molecule has 1 aliphatic carbocycles. The molecule has 150 valence electrons. The van der Waals surface area contributed by atoms with Crippen LogP contribution >= 0.6 is 0 Å². The van der Waals surface area contributed by atoms with E-state index in [4.69, 9.17) is 9.84 Å². The van der Waals surface area contributed by atoms with Crippen molar-refractivity contribution in [2.24, 2.45) is 0 Å². The first-order valence-electron chi connectivity index (χ1n) is 8.94. The highest BCUT2D eigenvalue weighted by Crippen LogP contribution is 2.25. The number of rotatable bonds is 10. The van der Waals surface area contributed by atoms with Crippen molar-refractivity contribution in [2.45, 2.75) is 38.0 Å². The molecule has 1 saturated carbocycles. The lowest BCUT2D eigenvalue weighted by Crippen LogP contribution is -2.56. The van der Waals surface area contributed by atoms with Gasteiger partial charge in [0.25, 0.3) is 0 Å². The number of carboxylic acids is 1. The van der Waals surface area contributed by atoms with E-state index in [1.54, 1.807) is 0 Å². The van der Waals surface area contributed by atoms with Crippen LogP contribution in [0.3, 0.4) is 0 Å². The van der Waals surface area contributed by atoms with Gasteiger partial charge in [-0.05, 0) is 43.7 Å². The second-order valence-corrected chi connectivity index (χ2v) is 6.55. The molecule has 1 aromatic rings. The zero-order valence-electron chi connectivity index (χ0n) is 15.2.